The van der Waals surface area contributed by atoms with Crippen molar-refractivity contribution in [3.63, 3.8) is 0 Å². The van der Waals surface area contributed by atoms with Crippen LogP contribution in [-0.4, -0.2) is 18.4 Å². The first-order valence-electron chi connectivity index (χ1n) is 4.54. The molecule has 0 amide bonds. The van der Waals surface area contributed by atoms with Crippen molar-refractivity contribution in [2.45, 2.75) is 17.4 Å². The van der Waals surface area contributed by atoms with E-state index in [1.54, 1.807) is 25.8 Å². The Kier molecular flexibility index (Phi) is 4.01. The summed E-state index contributed by atoms with van der Waals surface area (Å²) in [4.78, 5) is 1.06. The molecule has 0 spiro atoms. The first kappa shape index (κ1) is 11.9. The van der Waals surface area contributed by atoms with E-state index in [1.807, 2.05) is 24.3 Å². The van der Waals surface area contributed by atoms with Gasteiger partial charge >= 0.3 is 0 Å². The fourth-order valence-corrected chi connectivity index (χ4v) is 1.86. The minimum Gasteiger partial charge on any atom is -0.497 e. The minimum absolute atomic E-state index is 0.566. The van der Waals surface area contributed by atoms with Crippen molar-refractivity contribution in [3.05, 3.63) is 24.3 Å². The first-order chi connectivity index (χ1) is 7.07. The van der Waals surface area contributed by atoms with E-state index in [0.717, 1.165) is 10.6 Å². The van der Waals surface area contributed by atoms with Gasteiger partial charge in [0.05, 0.1) is 13.2 Å². The van der Waals surface area contributed by atoms with E-state index < -0.39 is 5.54 Å². The molecule has 15 heavy (non-hydrogen) atoms. The maximum Gasteiger partial charge on any atom is 0.119 e. The molecule has 0 heterocycles. The average molecular weight is 222 g/mol. The van der Waals surface area contributed by atoms with Gasteiger partial charge in [-0.15, -0.1) is 11.8 Å². The number of nitrogens with two attached hydrogens (primary N) is 1. The predicted octanol–water partition coefficient (Wildman–Crippen LogP) is 2.03. The maximum atomic E-state index is 8.76. The van der Waals surface area contributed by atoms with Crippen molar-refractivity contribution in [2.75, 3.05) is 12.9 Å². The molecular weight excluding hydrogens is 208 g/mol. The lowest BCUT2D eigenvalue weighted by molar-refractivity contribution is 0.413. The van der Waals surface area contributed by atoms with Gasteiger partial charge in [0.25, 0.3) is 0 Å². The Hall–Kier alpha value is -1.18. The van der Waals surface area contributed by atoms with E-state index in [0.29, 0.717) is 5.75 Å². The molecule has 2 N–H and O–H groups in total. The van der Waals surface area contributed by atoms with E-state index in [9.17, 15) is 0 Å². The number of thioether (sulfide) groups is 1. The van der Waals surface area contributed by atoms with Gasteiger partial charge < -0.3 is 10.5 Å². The van der Waals surface area contributed by atoms with Gasteiger partial charge in [0.2, 0.25) is 0 Å². The van der Waals surface area contributed by atoms with Crippen molar-refractivity contribution in [1.82, 2.24) is 0 Å². The Morgan fingerprint density at radius 1 is 1.60 bits per heavy atom. The van der Waals surface area contributed by atoms with E-state index in [1.165, 1.54) is 0 Å². The lowest BCUT2D eigenvalue weighted by atomic mass is 10.1. The van der Waals surface area contributed by atoms with Crippen LogP contribution >= 0.6 is 11.8 Å². The van der Waals surface area contributed by atoms with Gasteiger partial charge in [0, 0.05) is 10.6 Å². The molecule has 0 saturated heterocycles. The summed E-state index contributed by atoms with van der Waals surface area (Å²) >= 11 is 1.55. The Morgan fingerprint density at radius 3 is 2.93 bits per heavy atom. The summed E-state index contributed by atoms with van der Waals surface area (Å²) in [5.74, 6) is 1.38. The second kappa shape index (κ2) is 5.06. The van der Waals surface area contributed by atoms with Crippen LogP contribution in [0, 0.1) is 11.3 Å². The monoisotopic (exact) mass is 222 g/mol. The third-order valence-electron chi connectivity index (χ3n) is 1.84. The number of hydrogen-bond donors (Lipinski definition) is 1. The van der Waals surface area contributed by atoms with E-state index in [2.05, 4.69) is 6.07 Å². The van der Waals surface area contributed by atoms with Crippen molar-refractivity contribution in [3.8, 4) is 11.8 Å². The second-order valence-corrected chi connectivity index (χ2v) is 4.55. The molecule has 1 unspecified atom stereocenters. The summed E-state index contributed by atoms with van der Waals surface area (Å²) in [6.07, 6.45) is 0. The first-order valence-corrected chi connectivity index (χ1v) is 5.53. The summed E-state index contributed by atoms with van der Waals surface area (Å²) in [5, 5.41) is 8.76. The molecule has 1 atom stereocenters. The zero-order chi connectivity index (χ0) is 11.3. The summed E-state index contributed by atoms with van der Waals surface area (Å²) in [6.45, 7) is 1.72. The Morgan fingerprint density at radius 2 is 2.33 bits per heavy atom. The second-order valence-electron chi connectivity index (χ2n) is 3.50. The molecule has 1 aromatic rings. The molecule has 0 radical (unpaired) electrons. The molecule has 0 aliphatic carbocycles. The number of hydrogen-bond acceptors (Lipinski definition) is 4. The van der Waals surface area contributed by atoms with Crippen LogP contribution in [0.4, 0.5) is 0 Å². The Bertz CT molecular complexity index is 371. The third kappa shape index (κ3) is 3.82. The molecule has 0 aliphatic rings. The minimum atomic E-state index is -0.784. The van der Waals surface area contributed by atoms with Crippen LogP contribution in [0.1, 0.15) is 6.92 Å². The van der Waals surface area contributed by atoms with Gasteiger partial charge in [-0.05, 0) is 25.1 Å². The highest BCUT2D eigenvalue weighted by atomic mass is 32.2. The molecule has 0 saturated carbocycles. The standard InChI is InChI=1S/C11H14N2OS/c1-11(13,7-12)8-15-10-5-3-4-9(6-10)14-2/h3-6H,8,13H2,1-2H3. The van der Waals surface area contributed by atoms with Crippen LogP contribution in [0.3, 0.4) is 0 Å². The van der Waals surface area contributed by atoms with Crippen LogP contribution in [-0.2, 0) is 0 Å². The molecule has 0 aromatic heterocycles. The molecule has 0 fully saturated rings. The lowest BCUT2D eigenvalue weighted by Gasteiger charge is -2.14. The van der Waals surface area contributed by atoms with Crippen LogP contribution in [0.15, 0.2) is 29.2 Å². The summed E-state index contributed by atoms with van der Waals surface area (Å²) in [6, 6.07) is 9.77. The van der Waals surface area contributed by atoms with Crippen LogP contribution < -0.4 is 10.5 Å². The number of nitriles is 1. The van der Waals surface area contributed by atoms with Crippen molar-refractivity contribution < 1.29 is 4.74 Å². The highest BCUT2D eigenvalue weighted by Gasteiger charge is 2.17. The summed E-state index contributed by atoms with van der Waals surface area (Å²) in [5.41, 5.74) is 4.94. The molecular formula is C11H14N2OS. The van der Waals surface area contributed by atoms with Gasteiger partial charge in [0.15, 0.2) is 0 Å². The molecule has 0 aliphatic heterocycles. The van der Waals surface area contributed by atoms with Gasteiger partial charge in [0.1, 0.15) is 11.3 Å². The number of benzene rings is 1. The normalized spacial score (nSPS) is 14.0. The zero-order valence-corrected chi connectivity index (χ0v) is 9.67. The molecule has 1 aromatic carbocycles. The number of nitrogens with zero attached hydrogens (tertiary/aromatic N) is 1. The number of ether oxygens (including phenoxy) is 1. The quantitative estimate of drug-likeness (QED) is 0.792. The molecule has 3 nitrogen and oxygen atoms in total. The van der Waals surface area contributed by atoms with Crippen molar-refractivity contribution in [2.24, 2.45) is 5.73 Å². The number of methoxy groups -OCH3 is 1. The highest BCUT2D eigenvalue weighted by molar-refractivity contribution is 7.99. The van der Waals surface area contributed by atoms with E-state index in [-0.39, 0.29) is 0 Å². The van der Waals surface area contributed by atoms with E-state index >= 15 is 0 Å². The largest absolute Gasteiger partial charge is 0.497 e. The van der Waals surface area contributed by atoms with Gasteiger partial charge in [-0.1, -0.05) is 6.07 Å². The Balaban J connectivity index is 2.62. The maximum absolute atomic E-state index is 8.76. The smallest absolute Gasteiger partial charge is 0.119 e. The van der Waals surface area contributed by atoms with E-state index in [4.69, 9.17) is 15.7 Å². The van der Waals surface area contributed by atoms with Gasteiger partial charge in [-0.25, -0.2) is 0 Å². The number of rotatable bonds is 4. The fraction of sp³-hybridized carbons (Fsp3) is 0.364. The van der Waals surface area contributed by atoms with Crippen molar-refractivity contribution in [1.29, 1.82) is 5.26 Å². The van der Waals surface area contributed by atoms with Crippen LogP contribution in [0.5, 0.6) is 5.75 Å². The lowest BCUT2D eigenvalue weighted by Crippen LogP contribution is -2.36. The third-order valence-corrected chi connectivity index (χ3v) is 3.17. The fourth-order valence-electron chi connectivity index (χ4n) is 0.957. The highest BCUT2D eigenvalue weighted by Crippen LogP contribution is 2.24. The van der Waals surface area contributed by atoms with Crippen LogP contribution in [0.25, 0.3) is 0 Å². The van der Waals surface area contributed by atoms with Crippen LogP contribution in [0.2, 0.25) is 0 Å². The van der Waals surface area contributed by atoms with Crippen molar-refractivity contribution >= 4 is 11.8 Å². The summed E-state index contributed by atoms with van der Waals surface area (Å²) < 4.78 is 5.10. The molecule has 80 valence electrons. The Labute approximate surface area is 94.2 Å². The molecule has 0 bridgehead atoms. The molecule has 4 heteroatoms. The molecule has 1 rings (SSSR count). The topological polar surface area (TPSA) is 59.0 Å². The van der Waals surface area contributed by atoms with Gasteiger partial charge in [-0.3, -0.25) is 0 Å². The SMILES string of the molecule is COc1cccc(SCC(C)(N)C#N)c1. The average Bonchev–Trinajstić information content (AvgIpc) is 2.27. The zero-order valence-electron chi connectivity index (χ0n) is 8.86. The predicted molar refractivity (Wildman–Crippen MR) is 61.9 cm³/mol. The summed E-state index contributed by atoms with van der Waals surface area (Å²) in [7, 11) is 1.63. The van der Waals surface area contributed by atoms with Gasteiger partial charge in [-0.2, -0.15) is 5.26 Å².